The zero-order chi connectivity index (χ0) is 14.5. The summed E-state index contributed by atoms with van der Waals surface area (Å²) in [5.41, 5.74) is 0.392. The topological polar surface area (TPSA) is 40.6 Å². The summed E-state index contributed by atoms with van der Waals surface area (Å²) in [6, 6.07) is 6.30. The molecule has 1 aliphatic heterocycles. The summed E-state index contributed by atoms with van der Waals surface area (Å²) >= 11 is 0. The van der Waals surface area contributed by atoms with E-state index in [0.717, 1.165) is 0 Å². The molecule has 0 saturated carbocycles. The van der Waals surface area contributed by atoms with Crippen LogP contribution in [0.1, 0.15) is 12.5 Å². The third-order valence-electron chi connectivity index (χ3n) is 3.35. The summed E-state index contributed by atoms with van der Waals surface area (Å²) in [6.07, 6.45) is 2.86. The molecule has 1 aromatic carbocycles. The fourth-order valence-corrected chi connectivity index (χ4v) is 2.12. The molecule has 0 radical (unpaired) electrons. The van der Waals surface area contributed by atoms with Gasteiger partial charge in [0, 0.05) is 44.7 Å². The van der Waals surface area contributed by atoms with E-state index in [0.29, 0.717) is 31.7 Å². The van der Waals surface area contributed by atoms with Crippen LogP contribution in [0.2, 0.25) is 0 Å². The predicted octanol–water partition coefficient (Wildman–Crippen LogP) is 1.53. The lowest BCUT2D eigenvalue weighted by atomic mass is 10.2. The Labute approximate surface area is 117 Å². The van der Waals surface area contributed by atoms with Crippen LogP contribution in [0.25, 0.3) is 6.08 Å². The smallest absolute Gasteiger partial charge is 0.246 e. The Kier molecular flexibility index (Phi) is 4.50. The van der Waals surface area contributed by atoms with E-state index in [1.807, 2.05) is 0 Å². The van der Waals surface area contributed by atoms with Crippen molar-refractivity contribution in [3.05, 3.63) is 41.7 Å². The molecule has 0 N–H and O–H groups in total. The summed E-state index contributed by atoms with van der Waals surface area (Å²) in [5.74, 6) is -0.478. The quantitative estimate of drug-likeness (QED) is 0.769. The number of rotatable bonds is 2. The lowest BCUT2D eigenvalue weighted by Gasteiger charge is -2.33. The first kappa shape index (κ1) is 14.2. The molecular formula is C15H17FN2O2. The highest BCUT2D eigenvalue weighted by Gasteiger charge is 2.20. The highest BCUT2D eigenvalue weighted by Crippen LogP contribution is 2.09. The van der Waals surface area contributed by atoms with Crippen LogP contribution in [-0.4, -0.2) is 47.8 Å². The number of carbonyl (C=O) groups excluding carboxylic acids is 2. The molecule has 4 nitrogen and oxygen atoms in total. The SMILES string of the molecule is CC(=O)N1CCN(C(=O)/C=C\c2ccccc2F)CC1. The maximum absolute atomic E-state index is 13.4. The highest BCUT2D eigenvalue weighted by atomic mass is 19.1. The van der Waals surface area contributed by atoms with Crippen LogP contribution >= 0.6 is 0 Å². The van der Waals surface area contributed by atoms with Crippen LogP contribution in [0, 0.1) is 5.82 Å². The average Bonchev–Trinajstić information content (AvgIpc) is 2.46. The van der Waals surface area contributed by atoms with Crippen molar-refractivity contribution in [3.8, 4) is 0 Å². The van der Waals surface area contributed by atoms with Gasteiger partial charge in [0.25, 0.3) is 0 Å². The maximum atomic E-state index is 13.4. The molecule has 0 atom stereocenters. The predicted molar refractivity (Wildman–Crippen MR) is 74.3 cm³/mol. The third kappa shape index (κ3) is 3.44. The Morgan fingerprint density at radius 1 is 1.10 bits per heavy atom. The lowest BCUT2D eigenvalue weighted by Crippen LogP contribution is -2.49. The van der Waals surface area contributed by atoms with Gasteiger partial charge in [0.15, 0.2) is 0 Å². The molecule has 2 amide bonds. The number of nitrogens with zero attached hydrogens (tertiary/aromatic N) is 2. The molecule has 1 aromatic rings. The molecule has 1 aliphatic rings. The van der Waals surface area contributed by atoms with Crippen molar-refractivity contribution < 1.29 is 14.0 Å². The molecule has 106 valence electrons. The molecule has 2 rings (SSSR count). The molecule has 0 spiro atoms. The van der Waals surface area contributed by atoms with Gasteiger partial charge in [0.2, 0.25) is 11.8 Å². The van der Waals surface area contributed by atoms with Crippen molar-refractivity contribution >= 4 is 17.9 Å². The van der Waals surface area contributed by atoms with Crippen LogP contribution in [0.15, 0.2) is 30.3 Å². The number of piperazine rings is 1. The Balaban J connectivity index is 1.93. The molecule has 0 unspecified atom stereocenters. The van der Waals surface area contributed by atoms with Crippen molar-refractivity contribution in [1.29, 1.82) is 0 Å². The van der Waals surface area contributed by atoms with Gasteiger partial charge >= 0.3 is 0 Å². The summed E-state index contributed by atoms with van der Waals surface area (Å²) in [7, 11) is 0. The van der Waals surface area contributed by atoms with Gasteiger partial charge in [0.1, 0.15) is 5.82 Å². The number of hydrogen-bond acceptors (Lipinski definition) is 2. The number of benzene rings is 1. The molecule has 5 heteroatoms. The van der Waals surface area contributed by atoms with Gasteiger partial charge in [-0.25, -0.2) is 4.39 Å². The number of amides is 2. The third-order valence-corrected chi connectivity index (χ3v) is 3.35. The molecular weight excluding hydrogens is 259 g/mol. The van der Waals surface area contributed by atoms with E-state index in [-0.39, 0.29) is 17.6 Å². The Hall–Kier alpha value is -2.17. The Morgan fingerprint density at radius 2 is 1.70 bits per heavy atom. The van der Waals surface area contributed by atoms with E-state index in [1.165, 1.54) is 25.1 Å². The lowest BCUT2D eigenvalue weighted by molar-refractivity contribution is -0.135. The standard InChI is InChI=1S/C15H17FN2O2/c1-12(19)17-8-10-18(11-9-17)15(20)7-6-13-4-2-3-5-14(13)16/h2-7H,8-11H2,1H3/b7-6-. The largest absolute Gasteiger partial charge is 0.339 e. The molecule has 0 aliphatic carbocycles. The van der Waals surface area contributed by atoms with E-state index in [1.54, 1.807) is 28.0 Å². The first-order valence-corrected chi connectivity index (χ1v) is 6.55. The number of halogens is 1. The average molecular weight is 276 g/mol. The van der Waals surface area contributed by atoms with Crippen LogP contribution in [-0.2, 0) is 9.59 Å². The van der Waals surface area contributed by atoms with Crippen molar-refractivity contribution in [2.45, 2.75) is 6.92 Å². The Bertz CT molecular complexity index is 534. The number of carbonyl (C=O) groups is 2. The van der Waals surface area contributed by atoms with Crippen molar-refractivity contribution in [2.24, 2.45) is 0 Å². The minimum Gasteiger partial charge on any atom is -0.339 e. The van der Waals surface area contributed by atoms with Gasteiger partial charge in [-0.2, -0.15) is 0 Å². The van der Waals surface area contributed by atoms with Crippen LogP contribution in [0.3, 0.4) is 0 Å². The minimum absolute atomic E-state index is 0.0268. The molecule has 20 heavy (non-hydrogen) atoms. The van der Waals surface area contributed by atoms with Gasteiger partial charge in [-0.1, -0.05) is 18.2 Å². The fourth-order valence-electron chi connectivity index (χ4n) is 2.12. The van der Waals surface area contributed by atoms with Crippen molar-refractivity contribution in [3.63, 3.8) is 0 Å². The normalized spacial score (nSPS) is 15.7. The minimum atomic E-state index is -0.349. The second-order valence-electron chi connectivity index (χ2n) is 4.69. The zero-order valence-electron chi connectivity index (χ0n) is 11.4. The van der Waals surface area contributed by atoms with Gasteiger partial charge in [-0.3, -0.25) is 9.59 Å². The summed E-state index contributed by atoms with van der Waals surface area (Å²) in [4.78, 5) is 26.5. The van der Waals surface area contributed by atoms with Crippen molar-refractivity contribution in [1.82, 2.24) is 9.80 Å². The fraction of sp³-hybridized carbons (Fsp3) is 0.333. The second-order valence-corrected chi connectivity index (χ2v) is 4.69. The van der Waals surface area contributed by atoms with Crippen LogP contribution in [0.4, 0.5) is 4.39 Å². The van der Waals surface area contributed by atoms with E-state index >= 15 is 0 Å². The maximum Gasteiger partial charge on any atom is 0.246 e. The molecule has 0 bridgehead atoms. The molecule has 0 aromatic heterocycles. The van der Waals surface area contributed by atoms with Gasteiger partial charge in [0.05, 0.1) is 0 Å². The summed E-state index contributed by atoms with van der Waals surface area (Å²) < 4.78 is 13.4. The van der Waals surface area contributed by atoms with Gasteiger partial charge in [-0.05, 0) is 12.1 Å². The first-order valence-electron chi connectivity index (χ1n) is 6.55. The van der Waals surface area contributed by atoms with Crippen LogP contribution < -0.4 is 0 Å². The molecule has 1 heterocycles. The number of hydrogen-bond donors (Lipinski definition) is 0. The second kappa shape index (κ2) is 6.32. The van der Waals surface area contributed by atoms with E-state index in [4.69, 9.17) is 0 Å². The van der Waals surface area contributed by atoms with Crippen molar-refractivity contribution in [2.75, 3.05) is 26.2 Å². The first-order chi connectivity index (χ1) is 9.58. The van der Waals surface area contributed by atoms with E-state index < -0.39 is 0 Å². The van der Waals surface area contributed by atoms with Gasteiger partial charge in [-0.15, -0.1) is 0 Å². The van der Waals surface area contributed by atoms with Crippen LogP contribution in [0.5, 0.6) is 0 Å². The monoisotopic (exact) mass is 276 g/mol. The van der Waals surface area contributed by atoms with Gasteiger partial charge < -0.3 is 9.80 Å². The molecule has 1 saturated heterocycles. The summed E-state index contributed by atoms with van der Waals surface area (Å²) in [6.45, 7) is 3.65. The summed E-state index contributed by atoms with van der Waals surface area (Å²) in [5, 5.41) is 0. The highest BCUT2D eigenvalue weighted by molar-refractivity contribution is 5.92. The van der Waals surface area contributed by atoms with E-state index in [2.05, 4.69) is 0 Å². The Morgan fingerprint density at radius 3 is 2.30 bits per heavy atom. The molecule has 1 fully saturated rings. The van der Waals surface area contributed by atoms with E-state index in [9.17, 15) is 14.0 Å². The zero-order valence-corrected chi connectivity index (χ0v) is 11.4.